The number of amides is 3. The van der Waals surface area contributed by atoms with E-state index in [1.807, 2.05) is 32.0 Å². The van der Waals surface area contributed by atoms with Crippen LogP contribution in [0.2, 0.25) is 0 Å². The fourth-order valence-electron chi connectivity index (χ4n) is 3.05. The molecule has 2 atom stereocenters. The number of aromatic nitrogens is 1. The van der Waals surface area contributed by atoms with E-state index in [9.17, 15) is 9.59 Å². The van der Waals surface area contributed by atoms with Crippen molar-refractivity contribution in [3.63, 3.8) is 0 Å². The van der Waals surface area contributed by atoms with E-state index in [-0.39, 0.29) is 30.3 Å². The molecular weight excluding hydrogens is 296 g/mol. The molecule has 3 rings (SSSR count). The maximum atomic E-state index is 12.1. The normalized spacial score (nSPS) is 23.2. The quantitative estimate of drug-likeness (QED) is 0.906. The number of ether oxygens (including phenoxy) is 1. The zero-order valence-corrected chi connectivity index (χ0v) is 13.4. The molecule has 7 heteroatoms. The van der Waals surface area contributed by atoms with Gasteiger partial charge in [0.1, 0.15) is 6.10 Å². The summed E-state index contributed by atoms with van der Waals surface area (Å²) in [5.41, 5.74) is 0.941. The SMILES string of the molecule is CC(C)NC(=O)N1C[C@H]2OC(=O)N(CCc3ccccn3)[C@H]2C1. The van der Waals surface area contributed by atoms with Gasteiger partial charge >= 0.3 is 12.1 Å². The summed E-state index contributed by atoms with van der Waals surface area (Å²) in [6.07, 6.45) is 1.90. The smallest absolute Gasteiger partial charge is 0.410 e. The number of pyridine rings is 1. The Balaban J connectivity index is 1.59. The highest BCUT2D eigenvalue weighted by Gasteiger charge is 2.48. The second kappa shape index (κ2) is 6.44. The lowest BCUT2D eigenvalue weighted by Gasteiger charge is -2.23. The van der Waals surface area contributed by atoms with E-state index < -0.39 is 0 Å². The molecule has 2 saturated heterocycles. The Morgan fingerprint density at radius 3 is 2.96 bits per heavy atom. The van der Waals surface area contributed by atoms with Gasteiger partial charge < -0.3 is 15.0 Å². The first-order valence-electron chi connectivity index (χ1n) is 7.97. The van der Waals surface area contributed by atoms with Crippen LogP contribution >= 0.6 is 0 Å². The maximum absolute atomic E-state index is 12.1. The van der Waals surface area contributed by atoms with E-state index in [1.165, 1.54) is 0 Å². The highest BCUT2D eigenvalue weighted by Crippen LogP contribution is 2.27. The topological polar surface area (TPSA) is 74.8 Å². The molecule has 0 aliphatic carbocycles. The number of rotatable bonds is 4. The molecular formula is C16H22N4O3. The summed E-state index contributed by atoms with van der Waals surface area (Å²) in [5.74, 6) is 0. The van der Waals surface area contributed by atoms with Crippen molar-refractivity contribution < 1.29 is 14.3 Å². The molecule has 0 aromatic carbocycles. The predicted molar refractivity (Wildman–Crippen MR) is 83.9 cm³/mol. The molecule has 0 unspecified atom stereocenters. The van der Waals surface area contributed by atoms with Crippen molar-refractivity contribution >= 4 is 12.1 Å². The minimum atomic E-state index is -0.292. The lowest BCUT2D eigenvalue weighted by molar-refractivity contribution is 0.123. The number of carbonyl (C=O) groups is 2. The number of nitrogens with one attached hydrogen (secondary N) is 1. The van der Waals surface area contributed by atoms with Crippen LogP contribution in [-0.4, -0.2) is 64.7 Å². The average Bonchev–Trinajstić information content (AvgIpc) is 3.03. The van der Waals surface area contributed by atoms with Gasteiger partial charge in [0.15, 0.2) is 0 Å². The third-order valence-electron chi connectivity index (χ3n) is 4.16. The van der Waals surface area contributed by atoms with E-state index in [0.717, 1.165) is 5.69 Å². The lowest BCUT2D eigenvalue weighted by Crippen LogP contribution is -2.45. The molecule has 3 heterocycles. The molecule has 23 heavy (non-hydrogen) atoms. The molecule has 124 valence electrons. The van der Waals surface area contributed by atoms with E-state index in [0.29, 0.717) is 26.1 Å². The number of urea groups is 1. The van der Waals surface area contributed by atoms with Gasteiger partial charge in [-0.2, -0.15) is 0 Å². The number of carbonyl (C=O) groups excluding carboxylic acids is 2. The van der Waals surface area contributed by atoms with Crippen LogP contribution in [0.1, 0.15) is 19.5 Å². The van der Waals surface area contributed by atoms with Gasteiger partial charge in [-0.25, -0.2) is 9.59 Å². The molecule has 0 radical (unpaired) electrons. The van der Waals surface area contributed by atoms with Gasteiger partial charge in [-0.3, -0.25) is 9.88 Å². The summed E-state index contributed by atoms with van der Waals surface area (Å²) < 4.78 is 5.42. The van der Waals surface area contributed by atoms with Crippen LogP contribution in [0.15, 0.2) is 24.4 Å². The highest BCUT2D eigenvalue weighted by molar-refractivity contribution is 5.76. The molecule has 2 aliphatic heterocycles. The first-order chi connectivity index (χ1) is 11.0. The van der Waals surface area contributed by atoms with Gasteiger partial charge in [0, 0.05) is 37.4 Å². The number of likely N-dealkylation sites (tertiary alicyclic amines) is 1. The monoisotopic (exact) mass is 318 g/mol. The molecule has 1 aromatic rings. The molecule has 3 amide bonds. The molecule has 0 spiro atoms. The summed E-state index contributed by atoms with van der Waals surface area (Å²) in [7, 11) is 0. The van der Waals surface area contributed by atoms with E-state index in [4.69, 9.17) is 4.74 Å². The molecule has 2 fully saturated rings. The first kappa shape index (κ1) is 15.6. The van der Waals surface area contributed by atoms with E-state index in [2.05, 4.69) is 10.3 Å². The fraction of sp³-hybridized carbons (Fsp3) is 0.562. The Bertz CT molecular complexity index is 578. The van der Waals surface area contributed by atoms with Crippen molar-refractivity contribution in [2.45, 2.75) is 38.5 Å². The molecule has 7 nitrogen and oxygen atoms in total. The maximum Gasteiger partial charge on any atom is 0.410 e. The summed E-state index contributed by atoms with van der Waals surface area (Å²) in [5, 5.41) is 2.88. The Kier molecular flexibility index (Phi) is 4.36. The largest absolute Gasteiger partial charge is 0.442 e. The van der Waals surface area contributed by atoms with Crippen LogP contribution < -0.4 is 5.32 Å². The molecule has 2 aliphatic rings. The van der Waals surface area contributed by atoms with E-state index in [1.54, 1.807) is 16.0 Å². The standard InChI is InChI=1S/C16H22N4O3/c1-11(2)18-15(21)19-9-13-14(10-19)23-16(22)20(13)8-6-12-5-3-4-7-17-12/h3-5,7,11,13-14H,6,8-10H2,1-2H3,(H,18,21)/t13-,14+/m0/s1. The van der Waals surface area contributed by atoms with Crippen molar-refractivity contribution in [3.05, 3.63) is 30.1 Å². The lowest BCUT2D eigenvalue weighted by atomic mass is 10.2. The summed E-state index contributed by atoms with van der Waals surface area (Å²) in [4.78, 5) is 31.8. The van der Waals surface area contributed by atoms with Crippen LogP contribution in [0.5, 0.6) is 0 Å². The highest BCUT2D eigenvalue weighted by atomic mass is 16.6. The zero-order valence-electron chi connectivity index (χ0n) is 13.4. The van der Waals surface area contributed by atoms with Crippen LogP contribution in [0.4, 0.5) is 9.59 Å². The fourth-order valence-corrected chi connectivity index (χ4v) is 3.05. The van der Waals surface area contributed by atoms with Gasteiger partial charge in [-0.15, -0.1) is 0 Å². The second-order valence-corrected chi connectivity index (χ2v) is 6.26. The number of hydrogen-bond acceptors (Lipinski definition) is 4. The van der Waals surface area contributed by atoms with Gasteiger partial charge in [0.05, 0.1) is 12.6 Å². The Morgan fingerprint density at radius 2 is 2.26 bits per heavy atom. The zero-order chi connectivity index (χ0) is 16.4. The minimum absolute atomic E-state index is 0.0656. The first-order valence-corrected chi connectivity index (χ1v) is 7.97. The van der Waals surface area contributed by atoms with Gasteiger partial charge in [0.25, 0.3) is 0 Å². The molecule has 1 N–H and O–H groups in total. The molecule has 1 aromatic heterocycles. The van der Waals surface area contributed by atoms with Gasteiger partial charge in [-0.05, 0) is 26.0 Å². The predicted octanol–water partition coefficient (Wildman–Crippen LogP) is 1.25. The minimum Gasteiger partial charge on any atom is -0.442 e. The van der Waals surface area contributed by atoms with Crippen LogP contribution in [0.3, 0.4) is 0 Å². The second-order valence-electron chi connectivity index (χ2n) is 6.26. The van der Waals surface area contributed by atoms with E-state index >= 15 is 0 Å². The van der Waals surface area contributed by atoms with Gasteiger partial charge in [0.2, 0.25) is 0 Å². The number of hydrogen-bond donors (Lipinski definition) is 1. The third kappa shape index (κ3) is 3.38. The van der Waals surface area contributed by atoms with Crippen LogP contribution in [-0.2, 0) is 11.2 Å². The number of fused-ring (bicyclic) bond motifs is 1. The molecule has 0 bridgehead atoms. The third-order valence-corrected chi connectivity index (χ3v) is 4.16. The summed E-state index contributed by atoms with van der Waals surface area (Å²) in [6, 6.07) is 5.66. The summed E-state index contributed by atoms with van der Waals surface area (Å²) >= 11 is 0. The van der Waals surface area contributed by atoms with Gasteiger partial charge in [-0.1, -0.05) is 6.07 Å². The Labute approximate surface area is 135 Å². The summed E-state index contributed by atoms with van der Waals surface area (Å²) in [6.45, 7) is 5.37. The Morgan fingerprint density at radius 1 is 1.43 bits per heavy atom. The van der Waals surface area contributed by atoms with Crippen LogP contribution in [0, 0.1) is 0 Å². The van der Waals surface area contributed by atoms with Crippen molar-refractivity contribution in [1.29, 1.82) is 0 Å². The van der Waals surface area contributed by atoms with Crippen molar-refractivity contribution in [3.8, 4) is 0 Å². The Hall–Kier alpha value is -2.31. The van der Waals surface area contributed by atoms with Crippen molar-refractivity contribution in [2.24, 2.45) is 0 Å². The number of nitrogens with zero attached hydrogens (tertiary/aromatic N) is 3. The van der Waals surface area contributed by atoms with Crippen LogP contribution in [0.25, 0.3) is 0 Å². The van der Waals surface area contributed by atoms with Crippen molar-refractivity contribution in [1.82, 2.24) is 20.1 Å². The van der Waals surface area contributed by atoms with Crippen molar-refractivity contribution in [2.75, 3.05) is 19.6 Å². The molecule has 0 saturated carbocycles. The average molecular weight is 318 g/mol.